The first-order valence-electron chi connectivity index (χ1n) is 5.20. The van der Waals surface area contributed by atoms with Gasteiger partial charge in [-0.2, -0.15) is 5.10 Å². The zero-order valence-electron chi connectivity index (χ0n) is 9.15. The zero-order valence-corrected chi connectivity index (χ0v) is 9.91. The molecule has 2 rings (SSSR count). The van der Waals surface area contributed by atoms with E-state index in [9.17, 15) is 0 Å². The summed E-state index contributed by atoms with van der Waals surface area (Å²) in [6.45, 7) is 0.614. The van der Waals surface area contributed by atoms with Gasteiger partial charge in [0.05, 0.1) is 11.9 Å². The molecule has 0 unspecified atom stereocenters. The van der Waals surface area contributed by atoms with Crippen molar-refractivity contribution in [3.63, 3.8) is 0 Å². The number of nitrogens with zero attached hydrogens (tertiary/aromatic N) is 2. The van der Waals surface area contributed by atoms with Crippen molar-refractivity contribution in [2.75, 3.05) is 6.54 Å². The molecule has 1 heterocycles. The maximum Gasteiger partial charge on any atom is 0.0726 e. The minimum absolute atomic E-state index is 0.614. The van der Waals surface area contributed by atoms with Crippen LogP contribution in [-0.4, -0.2) is 16.3 Å². The summed E-state index contributed by atoms with van der Waals surface area (Å²) in [6, 6.07) is 7.78. The molecule has 0 aliphatic carbocycles. The molecule has 0 fully saturated rings. The van der Waals surface area contributed by atoms with E-state index in [-0.39, 0.29) is 0 Å². The van der Waals surface area contributed by atoms with Crippen LogP contribution >= 0.6 is 11.6 Å². The number of hydrogen-bond donors (Lipinski definition) is 1. The van der Waals surface area contributed by atoms with Gasteiger partial charge in [0.25, 0.3) is 0 Å². The Labute approximate surface area is 99.8 Å². The molecular weight excluding hydrogens is 222 g/mol. The molecule has 84 valence electrons. The molecular formula is C12H14ClN3. The molecule has 3 nitrogen and oxygen atoms in total. The molecule has 0 saturated carbocycles. The summed E-state index contributed by atoms with van der Waals surface area (Å²) < 4.78 is 1.84. The molecule has 1 aromatic heterocycles. The monoisotopic (exact) mass is 235 g/mol. The molecule has 0 spiro atoms. The van der Waals surface area contributed by atoms with Gasteiger partial charge < -0.3 is 5.73 Å². The van der Waals surface area contributed by atoms with Gasteiger partial charge in [0, 0.05) is 17.6 Å². The maximum absolute atomic E-state index is 6.19. The predicted octanol–water partition coefficient (Wildman–Crippen LogP) is 2.24. The van der Waals surface area contributed by atoms with E-state index in [1.54, 1.807) is 0 Å². The summed E-state index contributed by atoms with van der Waals surface area (Å²) in [5.41, 5.74) is 8.78. The molecule has 16 heavy (non-hydrogen) atoms. The molecule has 0 atom stereocenters. The molecule has 0 saturated heterocycles. The van der Waals surface area contributed by atoms with Gasteiger partial charge in [0.2, 0.25) is 0 Å². The lowest BCUT2D eigenvalue weighted by molar-refractivity contribution is 0.775. The lowest BCUT2D eigenvalue weighted by atomic mass is 10.1. The average molecular weight is 236 g/mol. The van der Waals surface area contributed by atoms with Crippen molar-refractivity contribution < 1.29 is 0 Å². The largest absolute Gasteiger partial charge is 0.330 e. The summed E-state index contributed by atoms with van der Waals surface area (Å²) in [5, 5.41) is 5.00. The first-order chi connectivity index (χ1) is 7.74. The maximum atomic E-state index is 6.19. The highest BCUT2D eigenvalue weighted by Gasteiger charge is 2.12. The Kier molecular flexibility index (Phi) is 3.27. The Morgan fingerprint density at radius 3 is 2.81 bits per heavy atom. The van der Waals surface area contributed by atoms with Gasteiger partial charge in [-0.1, -0.05) is 29.8 Å². The Morgan fingerprint density at radius 2 is 2.12 bits per heavy atom. The van der Waals surface area contributed by atoms with E-state index in [0.29, 0.717) is 6.54 Å². The van der Waals surface area contributed by atoms with Gasteiger partial charge >= 0.3 is 0 Å². The molecule has 0 aliphatic rings. The van der Waals surface area contributed by atoms with E-state index in [2.05, 4.69) is 5.10 Å². The van der Waals surface area contributed by atoms with E-state index in [4.69, 9.17) is 17.3 Å². The summed E-state index contributed by atoms with van der Waals surface area (Å²) in [4.78, 5) is 0. The van der Waals surface area contributed by atoms with Gasteiger partial charge in [0.1, 0.15) is 0 Å². The van der Waals surface area contributed by atoms with Crippen molar-refractivity contribution in [1.82, 2.24) is 9.78 Å². The van der Waals surface area contributed by atoms with Crippen molar-refractivity contribution in [3.8, 4) is 11.3 Å². The van der Waals surface area contributed by atoms with E-state index >= 15 is 0 Å². The highest BCUT2D eigenvalue weighted by Crippen LogP contribution is 2.29. The number of hydrogen-bond acceptors (Lipinski definition) is 2. The van der Waals surface area contributed by atoms with Crippen LogP contribution in [0, 0.1) is 0 Å². The van der Waals surface area contributed by atoms with Gasteiger partial charge in [-0.3, -0.25) is 4.68 Å². The normalized spacial score (nSPS) is 10.7. The number of rotatable bonds is 3. The van der Waals surface area contributed by atoms with Gasteiger partial charge in [-0.15, -0.1) is 0 Å². The van der Waals surface area contributed by atoms with Crippen LogP contribution < -0.4 is 5.73 Å². The third-order valence-corrected chi connectivity index (χ3v) is 2.89. The fraction of sp³-hybridized carbons (Fsp3) is 0.250. The number of halogens is 1. The molecule has 0 aliphatic heterocycles. The number of aromatic nitrogens is 2. The van der Waals surface area contributed by atoms with Crippen LogP contribution in [0.3, 0.4) is 0 Å². The second kappa shape index (κ2) is 4.68. The number of aryl methyl sites for hydroxylation is 1. The van der Waals surface area contributed by atoms with Crippen LogP contribution in [0.25, 0.3) is 11.3 Å². The van der Waals surface area contributed by atoms with Crippen LogP contribution in [0.15, 0.2) is 30.5 Å². The standard InChI is InChI=1S/C12H14ClN3/c1-16-12(9(6-7-14)8-15-16)10-4-2-3-5-11(10)13/h2-5,8H,6-7,14H2,1H3. The Hall–Kier alpha value is -1.32. The first kappa shape index (κ1) is 11.2. The van der Waals surface area contributed by atoms with E-state index in [1.807, 2.05) is 42.2 Å². The third-order valence-electron chi connectivity index (χ3n) is 2.56. The highest BCUT2D eigenvalue weighted by molar-refractivity contribution is 6.33. The summed E-state index contributed by atoms with van der Waals surface area (Å²) >= 11 is 6.19. The molecule has 0 bridgehead atoms. The minimum Gasteiger partial charge on any atom is -0.330 e. The Bertz CT molecular complexity index is 491. The summed E-state index contributed by atoms with van der Waals surface area (Å²) in [5.74, 6) is 0. The topological polar surface area (TPSA) is 43.8 Å². The molecule has 0 amide bonds. The zero-order chi connectivity index (χ0) is 11.5. The molecule has 2 N–H and O–H groups in total. The van der Waals surface area contributed by atoms with Crippen molar-refractivity contribution >= 4 is 11.6 Å². The second-order valence-corrected chi connectivity index (χ2v) is 4.07. The summed E-state index contributed by atoms with van der Waals surface area (Å²) in [7, 11) is 1.92. The lowest BCUT2D eigenvalue weighted by Crippen LogP contribution is -2.04. The van der Waals surface area contributed by atoms with Crippen LogP contribution in [0.5, 0.6) is 0 Å². The van der Waals surface area contributed by atoms with Gasteiger partial charge in [-0.05, 0) is 24.6 Å². The van der Waals surface area contributed by atoms with Crippen molar-refractivity contribution in [2.45, 2.75) is 6.42 Å². The van der Waals surface area contributed by atoms with Crippen molar-refractivity contribution in [3.05, 3.63) is 41.0 Å². The quantitative estimate of drug-likeness (QED) is 0.887. The predicted molar refractivity (Wildman–Crippen MR) is 66.4 cm³/mol. The Balaban J connectivity index is 2.54. The van der Waals surface area contributed by atoms with Crippen molar-refractivity contribution in [2.24, 2.45) is 12.8 Å². The first-order valence-corrected chi connectivity index (χ1v) is 5.57. The van der Waals surface area contributed by atoms with Crippen LogP contribution in [0.1, 0.15) is 5.56 Å². The van der Waals surface area contributed by atoms with E-state index in [1.165, 1.54) is 0 Å². The van der Waals surface area contributed by atoms with E-state index < -0.39 is 0 Å². The van der Waals surface area contributed by atoms with Gasteiger partial charge in [-0.25, -0.2) is 0 Å². The van der Waals surface area contributed by atoms with E-state index in [0.717, 1.165) is 28.3 Å². The Morgan fingerprint density at radius 1 is 1.38 bits per heavy atom. The summed E-state index contributed by atoms with van der Waals surface area (Å²) in [6.07, 6.45) is 2.67. The van der Waals surface area contributed by atoms with Crippen LogP contribution in [0.4, 0.5) is 0 Å². The van der Waals surface area contributed by atoms with Crippen molar-refractivity contribution in [1.29, 1.82) is 0 Å². The van der Waals surface area contributed by atoms with Crippen LogP contribution in [-0.2, 0) is 13.5 Å². The fourth-order valence-corrected chi connectivity index (χ4v) is 2.05. The number of nitrogens with two attached hydrogens (primary N) is 1. The lowest BCUT2D eigenvalue weighted by Gasteiger charge is -2.07. The number of benzene rings is 1. The van der Waals surface area contributed by atoms with Crippen LogP contribution in [0.2, 0.25) is 5.02 Å². The highest BCUT2D eigenvalue weighted by atomic mass is 35.5. The average Bonchev–Trinajstić information content (AvgIpc) is 2.62. The third kappa shape index (κ3) is 1.96. The smallest absolute Gasteiger partial charge is 0.0726 e. The van der Waals surface area contributed by atoms with Gasteiger partial charge in [0.15, 0.2) is 0 Å². The SMILES string of the molecule is Cn1ncc(CCN)c1-c1ccccc1Cl. The second-order valence-electron chi connectivity index (χ2n) is 3.66. The molecule has 0 radical (unpaired) electrons. The molecule has 4 heteroatoms. The molecule has 1 aromatic carbocycles. The fourth-order valence-electron chi connectivity index (χ4n) is 1.82. The molecule has 2 aromatic rings. The minimum atomic E-state index is 0.614.